The van der Waals surface area contributed by atoms with Crippen LogP contribution in [0.2, 0.25) is 0 Å². The van der Waals surface area contributed by atoms with E-state index >= 15 is 0 Å². The van der Waals surface area contributed by atoms with E-state index in [1.165, 1.54) is 12.1 Å². The van der Waals surface area contributed by atoms with Crippen molar-refractivity contribution in [3.05, 3.63) is 52.7 Å². The molecular formula is C23H24O7. The Labute approximate surface area is 173 Å². The average Bonchev–Trinajstić information content (AvgIpc) is 2.69. The summed E-state index contributed by atoms with van der Waals surface area (Å²) >= 11 is 0. The van der Waals surface area contributed by atoms with E-state index in [2.05, 4.69) is 0 Å². The molecule has 0 unspecified atom stereocenters. The number of carboxylic acid groups (broad SMARTS) is 1. The fourth-order valence-electron chi connectivity index (χ4n) is 3.21. The number of benzene rings is 2. The molecule has 30 heavy (non-hydrogen) atoms. The molecule has 3 aromatic rings. The van der Waals surface area contributed by atoms with E-state index in [9.17, 15) is 19.8 Å². The lowest BCUT2D eigenvalue weighted by atomic mass is 10.1. The molecule has 0 aliphatic heterocycles. The zero-order valence-electron chi connectivity index (χ0n) is 16.5. The molecule has 0 atom stereocenters. The molecule has 3 rings (SSSR count). The van der Waals surface area contributed by atoms with Gasteiger partial charge in [-0.1, -0.05) is 19.3 Å². The average molecular weight is 412 g/mol. The number of unbranched alkanes of at least 4 members (excludes halogenated alkanes) is 4. The summed E-state index contributed by atoms with van der Waals surface area (Å²) in [5, 5.41) is 28.1. The lowest BCUT2D eigenvalue weighted by Gasteiger charge is -2.08. The van der Waals surface area contributed by atoms with Gasteiger partial charge in [0, 0.05) is 30.2 Å². The number of hydrogen-bond acceptors (Lipinski definition) is 6. The summed E-state index contributed by atoms with van der Waals surface area (Å²) in [6.45, 7) is 0.571. The minimum absolute atomic E-state index is 0.0273. The van der Waals surface area contributed by atoms with Crippen LogP contribution in [0.25, 0.3) is 22.3 Å². The number of phenols is 2. The Hall–Kier alpha value is -3.48. The van der Waals surface area contributed by atoms with E-state index in [1.807, 2.05) is 0 Å². The minimum atomic E-state index is -0.749. The standard InChI is InChI=1S/C23H24O7/c24-16-12-18(25)23-19(26)14-20(30-21(23)13-16)15-7-9-17(10-8-15)29-11-5-3-1-2-4-6-22(27)28/h7-10,12-14,24-25H,1-6,11H2,(H,27,28). The van der Waals surface area contributed by atoms with Crippen molar-refractivity contribution in [3.8, 4) is 28.6 Å². The number of carbonyl (C=O) groups is 1. The molecule has 0 fully saturated rings. The molecule has 0 aliphatic rings. The largest absolute Gasteiger partial charge is 0.508 e. The Morgan fingerprint density at radius 3 is 2.37 bits per heavy atom. The van der Waals surface area contributed by atoms with E-state index in [4.69, 9.17) is 14.3 Å². The number of fused-ring (bicyclic) bond motifs is 1. The van der Waals surface area contributed by atoms with Gasteiger partial charge >= 0.3 is 5.97 Å². The summed E-state index contributed by atoms with van der Waals surface area (Å²) in [5.41, 5.74) is 0.383. The van der Waals surface area contributed by atoms with Crippen LogP contribution in [0.4, 0.5) is 0 Å². The molecule has 7 nitrogen and oxygen atoms in total. The lowest BCUT2D eigenvalue weighted by molar-refractivity contribution is -0.137. The lowest BCUT2D eigenvalue weighted by Crippen LogP contribution is -2.01. The highest BCUT2D eigenvalue weighted by molar-refractivity contribution is 5.86. The molecule has 1 aromatic heterocycles. The van der Waals surface area contributed by atoms with Crippen molar-refractivity contribution in [2.24, 2.45) is 0 Å². The van der Waals surface area contributed by atoms with Crippen LogP contribution in [0, 0.1) is 0 Å². The first-order valence-electron chi connectivity index (χ1n) is 9.89. The molecule has 2 aromatic carbocycles. The monoisotopic (exact) mass is 412 g/mol. The van der Waals surface area contributed by atoms with Gasteiger partial charge in [0.2, 0.25) is 0 Å². The molecule has 0 amide bonds. The molecule has 0 saturated heterocycles. The fourth-order valence-corrected chi connectivity index (χ4v) is 3.21. The van der Waals surface area contributed by atoms with Gasteiger partial charge in [-0.05, 0) is 37.1 Å². The molecule has 7 heteroatoms. The Morgan fingerprint density at radius 2 is 1.63 bits per heavy atom. The first-order valence-corrected chi connectivity index (χ1v) is 9.89. The van der Waals surface area contributed by atoms with Gasteiger partial charge in [0.1, 0.15) is 34.0 Å². The summed E-state index contributed by atoms with van der Waals surface area (Å²) in [7, 11) is 0. The summed E-state index contributed by atoms with van der Waals surface area (Å²) in [4.78, 5) is 22.8. The van der Waals surface area contributed by atoms with Gasteiger partial charge in [-0.2, -0.15) is 0 Å². The van der Waals surface area contributed by atoms with Crippen molar-refractivity contribution in [2.45, 2.75) is 38.5 Å². The molecule has 0 spiro atoms. The van der Waals surface area contributed by atoms with Crippen molar-refractivity contribution >= 4 is 16.9 Å². The van der Waals surface area contributed by atoms with Gasteiger partial charge < -0.3 is 24.5 Å². The number of phenolic OH excluding ortho intramolecular Hbond substituents is 2. The Kier molecular flexibility index (Phi) is 6.95. The van der Waals surface area contributed by atoms with E-state index in [0.29, 0.717) is 30.1 Å². The molecule has 0 bridgehead atoms. The maximum Gasteiger partial charge on any atom is 0.303 e. The van der Waals surface area contributed by atoms with E-state index in [-0.39, 0.29) is 28.9 Å². The smallest absolute Gasteiger partial charge is 0.303 e. The topological polar surface area (TPSA) is 117 Å². The number of hydrogen-bond donors (Lipinski definition) is 3. The molecule has 1 heterocycles. The zero-order valence-corrected chi connectivity index (χ0v) is 16.5. The van der Waals surface area contributed by atoms with Gasteiger partial charge in [-0.3, -0.25) is 9.59 Å². The summed E-state index contributed by atoms with van der Waals surface area (Å²) < 4.78 is 11.4. The predicted octanol–water partition coefficient (Wildman–Crippen LogP) is 4.68. The Morgan fingerprint density at radius 1 is 0.933 bits per heavy atom. The highest BCUT2D eigenvalue weighted by Gasteiger charge is 2.12. The molecular weight excluding hydrogens is 388 g/mol. The number of aromatic hydroxyl groups is 2. The quantitative estimate of drug-likeness (QED) is 0.414. The molecule has 0 radical (unpaired) electrons. The maximum atomic E-state index is 12.3. The van der Waals surface area contributed by atoms with Crippen LogP contribution in [-0.4, -0.2) is 27.9 Å². The Balaban J connectivity index is 1.56. The van der Waals surface area contributed by atoms with Crippen LogP contribution in [0.15, 0.2) is 51.7 Å². The van der Waals surface area contributed by atoms with Gasteiger partial charge in [0.25, 0.3) is 0 Å². The zero-order chi connectivity index (χ0) is 21.5. The second kappa shape index (κ2) is 9.82. The van der Waals surface area contributed by atoms with Gasteiger partial charge in [0.15, 0.2) is 5.43 Å². The SMILES string of the molecule is O=C(O)CCCCCCCOc1ccc(-c2cc(=O)c3c(O)cc(O)cc3o2)cc1. The Bertz CT molecular complexity index is 1070. The highest BCUT2D eigenvalue weighted by Crippen LogP contribution is 2.30. The van der Waals surface area contributed by atoms with Crippen LogP contribution in [0.5, 0.6) is 17.2 Å². The molecule has 0 saturated carbocycles. The van der Waals surface area contributed by atoms with Crippen molar-refractivity contribution in [2.75, 3.05) is 6.61 Å². The third kappa shape index (κ3) is 5.53. The number of rotatable bonds is 10. The second-order valence-electron chi connectivity index (χ2n) is 7.10. The molecule has 3 N–H and O–H groups in total. The normalized spacial score (nSPS) is 10.9. The molecule has 158 valence electrons. The van der Waals surface area contributed by atoms with Crippen LogP contribution < -0.4 is 10.2 Å². The van der Waals surface area contributed by atoms with Crippen molar-refractivity contribution in [3.63, 3.8) is 0 Å². The number of ether oxygens (including phenoxy) is 1. The van der Waals surface area contributed by atoms with E-state index in [0.717, 1.165) is 31.7 Å². The van der Waals surface area contributed by atoms with Crippen molar-refractivity contribution < 1.29 is 29.3 Å². The first-order chi connectivity index (χ1) is 14.4. The van der Waals surface area contributed by atoms with Crippen LogP contribution >= 0.6 is 0 Å². The summed E-state index contributed by atoms with van der Waals surface area (Å²) in [6, 6.07) is 10.8. The number of carboxylic acids is 1. The molecule has 0 aliphatic carbocycles. The van der Waals surface area contributed by atoms with E-state index < -0.39 is 11.4 Å². The van der Waals surface area contributed by atoms with Crippen LogP contribution in [0.1, 0.15) is 38.5 Å². The van der Waals surface area contributed by atoms with Crippen molar-refractivity contribution in [1.82, 2.24) is 0 Å². The predicted molar refractivity (Wildman–Crippen MR) is 112 cm³/mol. The summed E-state index contributed by atoms with van der Waals surface area (Å²) in [5.74, 6) is -0.239. The van der Waals surface area contributed by atoms with Crippen LogP contribution in [-0.2, 0) is 4.79 Å². The highest BCUT2D eigenvalue weighted by atomic mass is 16.5. The number of aliphatic carboxylic acids is 1. The maximum absolute atomic E-state index is 12.3. The summed E-state index contributed by atoms with van der Waals surface area (Å²) in [6.07, 6.45) is 4.71. The first kappa shape index (κ1) is 21.2. The van der Waals surface area contributed by atoms with Gasteiger partial charge in [-0.25, -0.2) is 0 Å². The van der Waals surface area contributed by atoms with Crippen LogP contribution in [0.3, 0.4) is 0 Å². The van der Waals surface area contributed by atoms with Gasteiger partial charge in [-0.15, -0.1) is 0 Å². The van der Waals surface area contributed by atoms with Crippen molar-refractivity contribution in [1.29, 1.82) is 0 Å². The minimum Gasteiger partial charge on any atom is -0.508 e. The second-order valence-corrected chi connectivity index (χ2v) is 7.10. The van der Waals surface area contributed by atoms with E-state index in [1.54, 1.807) is 24.3 Å². The fraction of sp³-hybridized carbons (Fsp3) is 0.304. The third-order valence-electron chi connectivity index (χ3n) is 4.74. The third-order valence-corrected chi connectivity index (χ3v) is 4.74. The van der Waals surface area contributed by atoms with Gasteiger partial charge in [0.05, 0.1) is 6.61 Å².